The number of rotatable bonds is 4. The molecular formula is C16H14O3S. The Kier molecular flexibility index (Phi) is 3.18. The number of hydrogen-bond acceptors (Lipinski definition) is 3. The van der Waals surface area contributed by atoms with Gasteiger partial charge in [-0.3, -0.25) is 0 Å². The van der Waals surface area contributed by atoms with Crippen LogP contribution >= 0.6 is 0 Å². The van der Waals surface area contributed by atoms with Gasteiger partial charge in [-0.05, 0) is 17.7 Å². The van der Waals surface area contributed by atoms with E-state index < -0.39 is 21.0 Å². The van der Waals surface area contributed by atoms with E-state index in [0.29, 0.717) is 0 Å². The van der Waals surface area contributed by atoms with Crippen molar-refractivity contribution < 1.29 is 13.2 Å². The molecular weight excluding hydrogens is 272 g/mol. The maximum absolute atomic E-state index is 12.6. The van der Waals surface area contributed by atoms with Crippen molar-refractivity contribution in [1.29, 1.82) is 0 Å². The standard InChI is InChI=1S/C16H14O3S/c17-11-14-15(12-7-3-1-4-8-12)16(14)20(18,19)13-9-5-2-6-10-13/h1-11,14-16H/t14-,15+,16-/m1/s1. The maximum Gasteiger partial charge on any atom is 0.182 e. The maximum atomic E-state index is 12.6. The molecule has 4 heteroatoms. The van der Waals surface area contributed by atoms with Crippen LogP contribution < -0.4 is 0 Å². The van der Waals surface area contributed by atoms with Gasteiger partial charge in [0.05, 0.1) is 10.1 Å². The van der Waals surface area contributed by atoms with Crippen LogP contribution in [0.5, 0.6) is 0 Å². The SMILES string of the molecule is O=C[C@@H]1[C@H](c2ccccc2)[C@@H]1S(=O)(=O)c1ccccc1. The minimum Gasteiger partial charge on any atom is -0.303 e. The molecule has 20 heavy (non-hydrogen) atoms. The molecule has 3 rings (SSSR count). The summed E-state index contributed by atoms with van der Waals surface area (Å²) in [7, 11) is -3.46. The van der Waals surface area contributed by atoms with E-state index in [1.807, 2.05) is 30.3 Å². The molecule has 0 unspecified atom stereocenters. The summed E-state index contributed by atoms with van der Waals surface area (Å²) in [5.41, 5.74) is 0.911. The fraction of sp³-hybridized carbons (Fsp3) is 0.188. The highest BCUT2D eigenvalue weighted by molar-refractivity contribution is 7.92. The quantitative estimate of drug-likeness (QED) is 0.811. The van der Waals surface area contributed by atoms with E-state index in [9.17, 15) is 13.2 Å². The lowest BCUT2D eigenvalue weighted by molar-refractivity contribution is -0.108. The molecule has 3 atom stereocenters. The van der Waals surface area contributed by atoms with Crippen LogP contribution in [0.15, 0.2) is 65.6 Å². The lowest BCUT2D eigenvalue weighted by atomic mass is 10.1. The molecule has 1 saturated carbocycles. The van der Waals surface area contributed by atoms with Crippen LogP contribution in [0.3, 0.4) is 0 Å². The summed E-state index contributed by atoms with van der Waals surface area (Å²) in [5.74, 6) is -0.665. The first kappa shape index (κ1) is 13.1. The van der Waals surface area contributed by atoms with E-state index in [2.05, 4.69) is 0 Å². The summed E-state index contributed by atoms with van der Waals surface area (Å²) in [6.45, 7) is 0. The largest absolute Gasteiger partial charge is 0.303 e. The van der Waals surface area contributed by atoms with Crippen molar-refractivity contribution in [1.82, 2.24) is 0 Å². The molecule has 0 N–H and O–H groups in total. The van der Waals surface area contributed by atoms with E-state index in [1.165, 1.54) is 0 Å². The number of carbonyl (C=O) groups is 1. The van der Waals surface area contributed by atoms with Gasteiger partial charge in [0.15, 0.2) is 9.84 Å². The molecule has 1 aliphatic carbocycles. The molecule has 0 spiro atoms. The van der Waals surface area contributed by atoms with Crippen LogP contribution in [0.1, 0.15) is 11.5 Å². The third-order valence-corrected chi connectivity index (χ3v) is 6.03. The summed E-state index contributed by atoms with van der Waals surface area (Å²) in [6.07, 6.45) is 0.767. The molecule has 2 aromatic carbocycles. The van der Waals surface area contributed by atoms with Crippen LogP contribution in [-0.2, 0) is 14.6 Å². The average molecular weight is 286 g/mol. The molecule has 0 saturated heterocycles. The zero-order chi connectivity index (χ0) is 14.2. The van der Waals surface area contributed by atoms with Crippen molar-refractivity contribution in [2.24, 2.45) is 5.92 Å². The van der Waals surface area contributed by atoms with Gasteiger partial charge >= 0.3 is 0 Å². The van der Waals surface area contributed by atoms with Crippen LogP contribution in [-0.4, -0.2) is 20.0 Å². The van der Waals surface area contributed by atoms with Gasteiger partial charge < -0.3 is 4.79 Å². The van der Waals surface area contributed by atoms with Crippen molar-refractivity contribution in [2.75, 3.05) is 0 Å². The Hall–Kier alpha value is -1.94. The number of benzene rings is 2. The first-order valence-corrected chi connectivity index (χ1v) is 8.00. The van der Waals surface area contributed by atoms with Crippen molar-refractivity contribution in [3.8, 4) is 0 Å². The minimum absolute atomic E-state index is 0.223. The number of sulfone groups is 1. The van der Waals surface area contributed by atoms with Crippen LogP contribution in [0, 0.1) is 5.92 Å². The highest BCUT2D eigenvalue weighted by Gasteiger charge is 2.58. The van der Waals surface area contributed by atoms with E-state index in [4.69, 9.17) is 0 Å². The molecule has 0 bridgehead atoms. The van der Waals surface area contributed by atoms with Gasteiger partial charge in [-0.2, -0.15) is 0 Å². The second-order valence-electron chi connectivity index (χ2n) is 4.97. The monoisotopic (exact) mass is 286 g/mol. The lowest BCUT2D eigenvalue weighted by Gasteiger charge is -2.03. The Morgan fingerprint density at radius 3 is 1.95 bits per heavy atom. The summed E-state index contributed by atoms with van der Waals surface area (Å²) >= 11 is 0. The van der Waals surface area contributed by atoms with Gasteiger partial charge in [-0.1, -0.05) is 48.5 Å². The van der Waals surface area contributed by atoms with E-state index in [-0.39, 0.29) is 10.8 Å². The fourth-order valence-electron chi connectivity index (χ4n) is 2.72. The number of aldehydes is 1. The van der Waals surface area contributed by atoms with Crippen LogP contribution in [0.4, 0.5) is 0 Å². The third-order valence-electron chi connectivity index (χ3n) is 3.78. The molecule has 0 amide bonds. The van der Waals surface area contributed by atoms with Crippen molar-refractivity contribution in [2.45, 2.75) is 16.1 Å². The molecule has 1 fully saturated rings. The van der Waals surface area contributed by atoms with Crippen molar-refractivity contribution in [3.63, 3.8) is 0 Å². The number of hydrogen-bond donors (Lipinski definition) is 0. The van der Waals surface area contributed by atoms with E-state index in [1.54, 1.807) is 30.3 Å². The average Bonchev–Trinajstić information content (AvgIpc) is 3.24. The molecule has 0 heterocycles. The number of carbonyl (C=O) groups excluding carboxylic acids is 1. The van der Waals surface area contributed by atoms with Gasteiger partial charge in [0.1, 0.15) is 6.29 Å². The van der Waals surface area contributed by atoms with Gasteiger partial charge in [-0.15, -0.1) is 0 Å². The normalized spacial score (nSPS) is 25.1. The predicted octanol–water partition coefficient (Wildman–Crippen LogP) is 2.44. The molecule has 102 valence electrons. The lowest BCUT2D eigenvalue weighted by Crippen LogP contribution is -2.10. The van der Waals surface area contributed by atoms with Crippen molar-refractivity contribution in [3.05, 3.63) is 66.2 Å². The molecule has 0 aromatic heterocycles. The Balaban J connectivity index is 1.97. The Morgan fingerprint density at radius 2 is 1.40 bits per heavy atom. The molecule has 0 radical (unpaired) electrons. The molecule has 3 nitrogen and oxygen atoms in total. The van der Waals surface area contributed by atoms with Gasteiger partial charge in [0, 0.05) is 11.8 Å². The zero-order valence-electron chi connectivity index (χ0n) is 10.7. The third kappa shape index (κ3) is 2.06. The van der Waals surface area contributed by atoms with Gasteiger partial charge in [0.2, 0.25) is 0 Å². The smallest absolute Gasteiger partial charge is 0.182 e. The Morgan fingerprint density at radius 1 is 0.850 bits per heavy atom. The molecule has 2 aromatic rings. The first-order valence-electron chi connectivity index (χ1n) is 6.45. The first-order chi connectivity index (χ1) is 9.66. The zero-order valence-corrected chi connectivity index (χ0v) is 11.5. The van der Waals surface area contributed by atoms with E-state index in [0.717, 1.165) is 11.8 Å². The van der Waals surface area contributed by atoms with Crippen molar-refractivity contribution >= 4 is 16.1 Å². The summed E-state index contributed by atoms with van der Waals surface area (Å²) < 4.78 is 25.2. The minimum atomic E-state index is -3.46. The van der Waals surface area contributed by atoms with Crippen LogP contribution in [0.25, 0.3) is 0 Å². The predicted molar refractivity (Wildman–Crippen MR) is 76.2 cm³/mol. The molecule has 1 aliphatic rings. The van der Waals surface area contributed by atoms with E-state index >= 15 is 0 Å². The van der Waals surface area contributed by atoms with Gasteiger partial charge in [0.25, 0.3) is 0 Å². The molecule has 0 aliphatic heterocycles. The fourth-order valence-corrected chi connectivity index (χ4v) is 4.85. The van der Waals surface area contributed by atoms with Gasteiger partial charge in [-0.25, -0.2) is 8.42 Å². The highest BCUT2D eigenvalue weighted by Crippen LogP contribution is 2.52. The second kappa shape index (κ2) is 4.87. The topological polar surface area (TPSA) is 51.2 Å². The second-order valence-corrected chi connectivity index (χ2v) is 7.08. The van der Waals surface area contributed by atoms with Crippen LogP contribution in [0.2, 0.25) is 0 Å². The Bertz CT molecular complexity index is 708. The summed E-state index contributed by atoms with van der Waals surface area (Å²) in [4.78, 5) is 11.5. The summed E-state index contributed by atoms with van der Waals surface area (Å²) in [6, 6.07) is 17.7. The summed E-state index contributed by atoms with van der Waals surface area (Å²) in [5, 5.41) is -0.634. The highest BCUT2D eigenvalue weighted by atomic mass is 32.2. The Labute approximate surface area is 118 Å².